The topological polar surface area (TPSA) is 34.9 Å². The lowest BCUT2D eigenvalue weighted by Crippen LogP contribution is -2.30. The van der Waals surface area contributed by atoms with Crippen molar-refractivity contribution in [2.24, 2.45) is 5.92 Å². The minimum Gasteiger partial charge on any atom is -0.329 e. The summed E-state index contributed by atoms with van der Waals surface area (Å²) >= 11 is 0. The van der Waals surface area contributed by atoms with E-state index in [1.54, 1.807) is 17.0 Å². The van der Waals surface area contributed by atoms with Crippen molar-refractivity contribution in [2.45, 2.75) is 45.1 Å². The Morgan fingerprint density at radius 2 is 2.18 bits per heavy atom. The first-order valence-electron chi connectivity index (χ1n) is 5.96. The minimum absolute atomic E-state index is 0.0904. The summed E-state index contributed by atoms with van der Waals surface area (Å²) in [5, 5.41) is 0. The summed E-state index contributed by atoms with van der Waals surface area (Å²) in [7, 11) is 0. The summed E-state index contributed by atoms with van der Waals surface area (Å²) < 4.78 is 27.8. The second-order valence-corrected chi connectivity index (χ2v) is 4.53. The van der Waals surface area contributed by atoms with Gasteiger partial charge in [-0.25, -0.2) is 13.8 Å². The molecule has 1 aliphatic carbocycles. The molecule has 1 heterocycles. The summed E-state index contributed by atoms with van der Waals surface area (Å²) in [5.41, 5.74) is 0. The first-order valence-corrected chi connectivity index (χ1v) is 5.96. The smallest absolute Gasteiger partial charge is 0.248 e. The molecular weight excluding hydrogens is 226 g/mol. The Morgan fingerprint density at radius 1 is 1.53 bits per heavy atom. The number of aromatic nitrogens is 2. The minimum atomic E-state index is -2.59. The molecule has 1 aliphatic rings. The molecule has 0 unspecified atom stereocenters. The lowest BCUT2D eigenvalue weighted by Gasteiger charge is -2.27. The molecule has 3 nitrogen and oxygen atoms in total. The number of halogens is 2. The van der Waals surface area contributed by atoms with Crippen LogP contribution in [-0.4, -0.2) is 21.3 Å². The van der Waals surface area contributed by atoms with E-state index in [2.05, 4.69) is 4.98 Å². The zero-order valence-corrected chi connectivity index (χ0v) is 9.83. The van der Waals surface area contributed by atoms with Gasteiger partial charge in [0.15, 0.2) is 5.82 Å². The molecule has 17 heavy (non-hydrogen) atoms. The number of alkyl halides is 2. The maximum Gasteiger partial charge on any atom is 0.248 e. The van der Waals surface area contributed by atoms with E-state index in [9.17, 15) is 13.6 Å². The first kappa shape index (κ1) is 12.2. The first-order chi connectivity index (χ1) is 8.03. The van der Waals surface area contributed by atoms with Crippen molar-refractivity contribution >= 4 is 5.78 Å². The van der Waals surface area contributed by atoms with Crippen LogP contribution in [-0.2, 0) is 6.54 Å². The third-order valence-electron chi connectivity index (χ3n) is 3.36. The van der Waals surface area contributed by atoms with Gasteiger partial charge in [0.05, 0.1) is 0 Å². The Bertz CT molecular complexity index is 404. The van der Waals surface area contributed by atoms with Gasteiger partial charge in [-0.1, -0.05) is 0 Å². The Kier molecular flexibility index (Phi) is 3.26. The van der Waals surface area contributed by atoms with Gasteiger partial charge in [0, 0.05) is 37.7 Å². The van der Waals surface area contributed by atoms with Crippen molar-refractivity contribution < 1.29 is 13.6 Å². The Balaban J connectivity index is 2.07. The number of hydrogen-bond donors (Lipinski definition) is 0. The molecule has 0 radical (unpaired) electrons. The van der Waals surface area contributed by atoms with Gasteiger partial charge in [0.25, 0.3) is 0 Å². The molecule has 0 aliphatic heterocycles. The third kappa shape index (κ3) is 2.53. The number of rotatable bonds is 3. The van der Waals surface area contributed by atoms with Crippen LogP contribution >= 0.6 is 0 Å². The summed E-state index contributed by atoms with van der Waals surface area (Å²) in [6, 6.07) is 0. The maximum absolute atomic E-state index is 13.0. The summed E-state index contributed by atoms with van der Waals surface area (Å²) in [5.74, 6) is -2.56. The second kappa shape index (κ2) is 4.55. The van der Waals surface area contributed by atoms with Crippen LogP contribution in [0.2, 0.25) is 0 Å². The number of ketones is 1. The Morgan fingerprint density at radius 3 is 2.76 bits per heavy atom. The van der Waals surface area contributed by atoms with E-state index >= 15 is 0 Å². The van der Waals surface area contributed by atoms with Gasteiger partial charge >= 0.3 is 0 Å². The molecule has 0 atom stereocenters. The van der Waals surface area contributed by atoms with E-state index in [4.69, 9.17) is 0 Å². The quantitative estimate of drug-likeness (QED) is 0.764. The zero-order valence-electron chi connectivity index (χ0n) is 9.83. The van der Waals surface area contributed by atoms with Crippen molar-refractivity contribution in [3.05, 3.63) is 18.2 Å². The standard InChI is InChI=1S/C12H16F2N2O/c1-2-16-8-7-15-11(16)10(17)9-3-5-12(13,14)6-4-9/h7-9H,2-6H2,1H3. The van der Waals surface area contributed by atoms with Gasteiger partial charge in [-0.2, -0.15) is 0 Å². The molecule has 0 spiro atoms. The highest BCUT2D eigenvalue weighted by Gasteiger charge is 2.38. The van der Waals surface area contributed by atoms with Crippen molar-refractivity contribution in [1.29, 1.82) is 0 Å². The van der Waals surface area contributed by atoms with Gasteiger partial charge in [-0.3, -0.25) is 4.79 Å². The molecule has 94 valence electrons. The lowest BCUT2D eigenvalue weighted by molar-refractivity contribution is -0.0425. The van der Waals surface area contributed by atoms with Gasteiger partial charge in [-0.15, -0.1) is 0 Å². The molecule has 1 aromatic heterocycles. The maximum atomic E-state index is 13.0. The lowest BCUT2D eigenvalue weighted by atomic mass is 9.84. The van der Waals surface area contributed by atoms with Crippen molar-refractivity contribution in [2.75, 3.05) is 0 Å². The zero-order chi connectivity index (χ0) is 12.5. The molecule has 0 saturated heterocycles. The van der Waals surface area contributed by atoms with Crippen LogP contribution in [0.1, 0.15) is 43.2 Å². The number of carbonyl (C=O) groups is 1. The predicted molar refractivity (Wildman–Crippen MR) is 59.1 cm³/mol. The van der Waals surface area contributed by atoms with Crippen LogP contribution in [0.5, 0.6) is 0 Å². The van der Waals surface area contributed by atoms with E-state index in [0.29, 0.717) is 12.4 Å². The van der Waals surface area contributed by atoms with Crippen LogP contribution < -0.4 is 0 Å². The highest BCUT2D eigenvalue weighted by molar-refractivity contribution is 5.94. The number of imidazole rings is 1. The summed E-state index contributed by atoms with van der Waals surface area (Å²) in [6.45, 7) is 2.59. The second-order valence-electron chi connectivity index (χ2n) is 4.53. The van der Waals surface area contributed by atoms with Gasteiger partial charge in [0.2, 0.25) is 11.7 Å². The van der Waals surface area contributed by atoms with Crippen molar-refractivity contribution in [1.82, 2.24) is 9.55 Å². The molecule has 0 N–H and O–H groups in total. The van der Waals surface area contributed by atoms with Crippen molar-refractivity contribution in [3.63, 3.8) is 0 Å². The SMILES string of the molecule is CCn1ccnc1C(=O)C1CCC(F)(F)CC1. The van der Waals surface area contributed by atoms with Crippen LogP contribution in [0, 0.1) is 5.92 Å². The molecule has 2 rings (SSSR count). The monoisotopic (exact) mass is 242 g/mol. The van der Waals surface area contributed by atoms with Crippen LogP contribution in [0.3, 0.4) is 0 Å². The average molecular weight is 242 g/mol. The number of carbonyl (C=O) groups excluding carboxylic acids is 1. The molecule has 0 bridgehead atoms. The third-order valence-corrected chi connectivity index (χ3v) is 3.36. The molecule has 1 aromatic rings. The van der Waals surface area contributed by atoms with E-state index in [0.717, 1.165) is 0 Å². The summed E-state index contributed by atoms with van der Waals surface area (Å²) in [6.07, 6.45) is 3.48. The molecule has 5 heteroatoms. The summed E-state index contributed by atoms with van der Waals surface area (Å²) in [4.78, 5) is 16.1. The number of nitrogens with zero attached hydrogens (tertiary/aromatic N) is 2. The largest absolute Gasteiger partial charge is 0.329 e. The van der Waals surface area contributed by atoms with Gasteiger partial charge in [0.1, 0.15) is 0 Å². The fourth-order valence-electron chi connectivity index (χ4n) is 2.27. The van der Waals surface area contributed by atoms with E-state index in [1.807, 2.05) is 6.92 Å². The molecule has 1 fully saturated rings. The van der Waals surface area contributed by atoms with Gasteiger partial charge < -0.3 is 4.57 Å². The molecule has 0 amide bonds. The van der Waals surface area contributed by atoms with E-state index < -0.39 is 5.92 Å². The average Bonchev–Trinajstić information content (AvgIpc) is 2.76. The van der Waals surface area contributed by atoms with E-state index in [-0.39, 0.29) is 37.4 Å². The predicted octanol–water partition coefficient (Wildman–Crippen LogP) is 2.91. The fourth-order valence-corrected chi connectivity index (χ4v) is 2.27. The molecule has 0 aromatic carbocycles. The van der Waals surface area contributed by atoms with E-state index in [1.165, 1.54) is 0 Å². The number of Topliss-reactive ketones (excluding diaryl/α,β-unsaturated/α-hetero) is 1. The molecular formula is C12H16F2N2O. The Labute approximate surface area is 98.8 Å². The van der Waals surface area contributed by atoms with Gasteiger partial charge in [-0.05, 0) is 19.8 Å². The number of aryl methyl sites for hydroxylation is 1. The highest BCUT2D eigenvalue weighted by atomic mass is 19.3. The fraction of sp³-hybridized carbons (Fsp3) is 0.667. The van der Waals surface area contributed by atoms with Crippen LogP contribution in [0.4, 0.5) is 8.78 Å². The Hall–Kier alpha value is -1.26. The number of hydrogen-bond acceptors (Lipinski definition) is 2. The normalized spacial score (nSPS) is 20.4. The highest BCUT2D eigenvalue weighted by Crippen LogP contribution is 2.37. The van der Waals surface area contributed by atoms with Crippen LogP contribution in [0.25, 0.3) is 0 Å². The molecule has 1 saturated carbocycles. The van der Waals surface area contributed by atoms with Crippen molar-refractivity contribution in [3.8, 4) is 0 Å². The van der Waals surface area contributed by atoms with Crippen LogP contribution in [0.15, 0.2) is 12.4 Å².